The first-order valence-electron chi connectivity index (χ1n) is 14.3. The van der Waals surface area contributed by atoms with E-state index in [0.717, 1.165) is 15.4 Å². The fourth-order valence-corrected chi connectivity index (χ4v) is 6.50. The van der Waals surface area contributed by atoms with Crippen LogP contribution in [-0.2, 0) is 32.6 Å². The summed E-state index contributed by atoms with van der Waals surface area (Å²) in [5.74, 6) is -0.893. The van der Waals surface area contributed by atoms with Gasteiger partial charge in [0.2, 0.25) is 11.8 Å². The number of nitrogens with one attached hydrogen (secondary N) is 1. The van der Waals surface area contributed by atoms with Gasteiger partial charge in [-0.25, -0.2) is 8.42 Å². The third-order valence-corrected chi connectivity index (χ3v) is 9.50. The van der Waals surface area contributed by atoms with Gasteiger partial charge in [0.1, 0.15) is 12.6 Å². The molecule has 44 heavy (non-hydrogen) atoms. The summed E-state index contributed by atoms with van der Waals surface area (Å²) in [5.41, 5.74) is 2.62. The van der Waals surface area contributed by atoms with Crippen molar-refractivity contribution in [1.82, 2.24) is 10.2 Å². The monoisotopic (exact) mass is 651 g/mol. The van der Waals surface area contributed by atoms with Crippen LogP contribution in [0.15, 0.2) is 108 Å². The van der Waals surface area contributed by atoms with Crippen LogP contribution in [0.2, 0.25) is 10.0 Å². The standard InChI is InChI=1S/C34H35Cl2N3O4S/c1-3-20-37-34(41)32(22-26-11-5-4-6-12-26)38(23-27-13-7-8-15-31(27)36)33(40)24-39(29-14-9-10-25(2)21-29)44(42,43)30-18-16-28(35)17-19-30/h4-19,21,32H,3,20,22-24H2,1-2H3,(H,37,41)/t32-/m1/s1. The van der Waals surface area contributed by atoms with Gasteiger partial charge in [-0.2, -0.15) is 0 Å². The smallest absolute Gasteiger partial charge is 0.264 e. The van der Waals surface area contributed by atoms with Gasteiger partial charge in [0.25, 0.3) is 10.0 Å². The molecule has 0 bridgehead atoms. The molecular weight excluding hydrogens is 617 g/mol. The lowest BCUT2D eigenvalue weighted by molar-refractivity contribution is -0.140. The average molecular weight is 653 g/mol. The molecule has 0 radical (unpaired) electrons. The first-order chi connectivity index (χ1) is 21.1. The maximum Gasteiger partial charge on any atom is 0.264 e. The Bertz CT molecular complexity index is 1680. The molecule has 1 atom stereocenters. The Kier molecular flexibility index (Phi) is 11.4. The molecule has 10 heteroatoms. The van der Waals surface area contributed by atoms with E-state index in [1.807, 2.05) is 50.2 Å². The zero-order chi connectivity index (χ0) is 31.7. The van der Waals surface area contributed by atoms with E-state index in [-0.39, 0.29) is 23.8 Å². The Labute approximate surface area is 269 Å². The molecule has 0 saturated carbocycles. The van der Waals surface area contributed by atoms with Crippen LogP contribution in [0.4, 0.5) is 5.69 Å². The number of anilines is 1. The SMILES string of the molecule is CCCNC(=O)[C@@H](Cc1ccccc1)N(Cc1ccccc1Cl)C(=O)CN(c1cccc(C)c1)S(=O)(=O)c1ccc(Cl)cc1. The zero-order valence-corrected chi connectivity index (χ0v) is 26.9. The summed E-state index contributed by atoms with van der Waals surface area (Å²) >= 11 is 12.6. The molecule has 0 heterocycles. The van der Waals surface area contributed by atoms with Crippen LogP contribution in [-0.4, -0.2) is 44.3 Å². The molecule has 2 amide bonds. The van der Waals surface area contributed by atoms with Crippen molar-refractivity contribution in [2.45, 2.75) is 44.2 Å². The summed E-state index contributed by atoms with van der Waals surface area (Å²) in [4.78, 5) is 29.6. The van der Waals surface area contributed by atoms with Crippen LogP contribution in [0.3, 0.4) is 0 Å². The maximum atomic E-state index is 14.4. The van der Waals surface area contributed by atoms with Gasteiger partial charge in [-0.1, -0.05) is 90.8 Å². The highest BCUT2D eigenvalue weighted by Gasteiger charge is 2.34. The second-order valence-corrected chi connectivity index (χ2v) is 13.1. The van der Waals surface area contributed by atoms with E-state index in [1.165, 1.54) is 29.2 Å². The van der Waals surface area contributed by atoms with Crippen molar-refractivity contribution in [1.29, 1.82) is 0 Å². The lowest BCUT2D eigenvalue weighted by Gasteiger charge is -2.34. The molecule has 0 spiro atoms. The lowest BCUT2D eigenvalue weighted by atomic mass is 10.0. The fraction of sp³-hybridized carbons (Fsp3) is 0.235. The van der Waals surface area contributed by atoms with Crippen molar-refractivity contribution in [2.24, 2.45) is 0 Å². The summed E-state index contributed by atoms with van der Waals surface area (Å²) in [5, 5.41) is 3.75. The minimum Gasteiger partial charge on any atom is -0.354 e. The summed E-state index contributed by atoms with van der Waals surface area (Å²) < 4.78 is 29.2. The van der Waals surface area contributed by atoms with Crippen molar-refractivity contribution in [3.05, 3.63) is 130 Å². The number of halogens is 2. The van der Waals surface area contributed by atoms with Gasteiger partial charge >= 0.3 is 0 Å². The molecular formula is C34H35Cl2N3O4S. The second kappa shape index (κ2) is 15.2. The summed E-state index contributed by atoms with van der Waals surface area (Å²) in [6.45, 7) is 3.67. The van der Waals surface area contributed by atoms with Crippen molar-refractivity contribution in [3.63, 3.8) is 0 Å². The van der Waals surface area contributed by atoms with Gasteiger partial charge in [-0.3, -0.25) is 13.9 Å². The molecule has 230 valence electrons. The molecule has 4 aromatic rings. The number of nitrogens with zero attached hydrogens (tertiary/aromatic N) is 2. The van der Waals surface area contributed by atoms with Gasteiger partial charge in [0.15, 0.2) is 0 Å². The number of aryl methyl sites for hydroxylation is 1. The van der Waals surface area contributed by atoms with Gasteiger partial charge in [-0.15, -0.1) is 0 Å². The Morgan fingerprint density at radius 3 is 2.20 bits per heavy atom. The molecule has 0 aromatic heterocycles. The van der Waals surface area contributed by atoms with E-state index in [0.29, 0.717) is 34.3 Å². The molecule has 0 aliphatic heterocycles. The number of hydrogen-bond acceptors (Lipinski definition) is 4. The maximum absolute atomic E-state index is 14.4. The van der Waals surface area contributed by atoms with Crippen LogP contribution < -0.4 is 9.62 Å². The van der Waals surface area contributed by atoms with Crippen molar-refractivity contribution >= 4 is 50.7 Å². The number of hydrogen-bond donors (Lipinski definition) is 1. The van der Waals surface area contributed by atoms with E-state index in [2.05, 4.69) is 5.32 Å². The Balaban J connectivity index is 1.80. The second-order valence-electron chi connectivity index (χ2n) is 10.4. The molecule has 4 aromatic carbocycles. The van der Waals surface area contributed by atoms with E-state index in [1.54, 1.807) is 42.5 Å². The van der Waals surface area contributed by atoms with Gasteiger partial charge in [0, 0.05) is 29.6 Å². The van der Waals surface area contributed by atoms with Crippen LogP contribution in [0.5, 0.6) is 0 Å². The summed E-state index contributed by atoms with van der Waals surface area (Å²) in [7, 11) is -4.22. The third-order valence-electron chi connectivity index (χ3n) is 7.09. The highest BCUT2D eigenvalue weighted by molar-refractivity contribution is 7.92. The minimum atomic E-state index is -4.22. The number of rotatable bonds is 13. The number of amides is 2. The zero-order valence-electron chi connectivity index (χ0n) is 24.6. The predicted octanol–water partition coefficient (Wildman–Crippen LogP) is 6.66. The first-order valence-corrected chi connectivity index (χ1v) is 16.5. The van der Waals surface area contributed by atoms with Crippen molar-refractivity contribution in [2.75, 3.05) is 17.4 Å². The molecule has 0 aliphatic rings. The largest absolute Gasteiger partial charge is 0.354 e. The average Bonchev–Trinajstić information content (AvgIpc) is 3.01. The molecule has 4 rings (SSSR count). The quantitative estimate of drug-likeness (QED) is 0.175. The number of carbonyl (C=O) groups is 2. The topological polar surface area (TPSA) is 86.8 Å². The predicted molar refractivity (Wildman–Crippen MR) is 176 cm³/mol. The summed E-state index contributed by atoms with van der Waals surface area (Å²) in [6, 6.07) is 28.3. The van der Waals surface area contributed by atoms with Crippen LogP contribution >= 0.6 is 23.2 Å². The van der Waals surface area contributed by atoms with E-state index in [4.69, 9.17) is 23.2 Å². The highest BCUT2D eigenvalue weighted by atomic mass is 35.5. The normalized spacial score (nSPS) is 11.9. The van der Waals surface area contributed by atoms with E-state index < -0.39 is 28.5 Å². The Hall–Kier alpha value is -3.85. The molecule has 0 aliphatic carbocycles. The Morgan fingerprint density at radius 2 is 1.55 bits per heavy atom. The Morgan fingerprint density at radius 1 is 0.864 bits per heavy atom. The van der Waals surface area contributed by atoms with Crippen LogP contribution in [0, 0.1) is 6.92 Å². The number of carbonyl (C=O) groups excluding carboxylic acids is 2. The van der Waals surface area contributed by atoms with Gasteiger partial charge < -0.3 is 10.2 Å². The van der Waals surface area contributed by atoms with Crippen molar-refractivity contribution in [3.8, 4) is 0 Å². The number of sulfonamides is 1. The number of benzene rings is 4. The minimum absolute atomic E-state index is 0.00178. The van der Waals surface area contributed by atoms with Gasteiger partial charge in [0.05, 0.1) is 10.6 Å². The molecule has 1 N–H and O–H groups in total. The van der Waals surface area contributed by atoms with E-state index in [9.17, 15) is 18.0 Å². The van der Waals surface area contributed by atoms with Gasteiger partial charge in [-0.05, 0) is 72.5 Å². The molecule has 0 fully saturated rings. The molecule has 0 unspecified atom stereocenters. The van der Waals surface area contributed by atoms with E-state index >= 15 is 0 Å². The van der Waals surface area contributed by atoms with Crippen LogP contribution in [0.1, 0.15) is 30.0 Å². The van der Waals surface area contributed by atoms with Crippen LogP contribution in [0.25, 0.3) is 0 Å². The first kappa shape index (κ1) is 33.1. The molecule has 0 saturated heterocycles. The summed E-state index contributed by atoms with van der Waals surface area (Å²) in [6.07, 6.45) is 0.934. The van der Waals surface area contributed by atoms with Crippen molar-refractivity contribution < 1.29 is 18.0 Å². The third kappa shape index (κ3) is 8.40. The highest BCUT2D eigenvalue weighted by Crippen LogP contribution is 2.27. The lowest BCUT2D eigenvalue weighted by Crippen LogP contribution is -2.53. The molecule has 7 nitrogen and oxygen atoms in total. The fourth-order valence-electron chi connectivity index (χ4n) is 4.78.